The number of aromatic amines is 1. The molecule has 0 saturated carbocycles. The lowest BCUT2D eigenvalue weighted by Gasteiger charge is -2.14. The summed E-state index contributed by atoms with van der Waals surface area (Å²) in [5.41, 5.74) is 6.65. The fraction of sp³-hybridized carbons (Fsp3) is 0.182. The number of nitrogens with one attached hydrogen (secondary N) is 1. The van der Waals surface area contributed by atoms with E-state index in [0.29, 0.717) is 16.6 Å². The Kier molecular flexibility index (Phi) is 3.49. The molecule has 5 heteroatoms. The maximum atomic E-state index is 6.13. The number of hydrogen-bond acceptors (Lipinski definition) is 2. The molecule has 3 nitrogen and oxygen atoms in total. The van der Waals surface area contributed by atoms with Gasteiger partial charge in [-0.05, 0) is 23.8 Å². The SMILES string of the molecule is NCC(c1ncc[nH]1)c1cc(Cl)ccc1Cl. The van der Waals surface area contributed by atoms with Crippen molar-refractivity contribution < 1.29 is 0 Å². The molecule has 0 aliphatic carbocycles. The molecule has 2 rings (SSSR count). The molecule has 1 unspecified atom stereocenters. The largest absolute Gasteiger partial charge is 0.348 e. The van der Waals surface area contributed by atoms with Crippen LogP contribution in [-0.4, -0.2) is 16.5 Å². The predicted molar refractivity (Wildman–Crippen MR) is 65.9 cm³/mol. The number of imidazole rings is 1. The molecule has 1 heterocycles. The maximum Gasteiger partial charge on any atom is 0.114 e. The van der Waals surface area contributed by atoms with Gasteiger partial charge in [-0.15, -0.1) is 0 Å². The normalized spacial score (nSPS) is 12.7. The van der Waals surface area contributed by atoms with E-state index in [0.717, 1.165) is 11.4 Å². The highest BCUT2D eigenvalue weighted by Crippen LogP contribution is 2.30. The topological polar surface area (TPSA) is 54.7 Å². The number of hydrogen-bond donors (Lipinski definition) is 2. The molecule has 0 aliphatic rings. The lowest BCUT2D eigenvalue weighted by atomic mass is 9.98. The number of nitrogens with zero attached hydrogens (tertiary/aromatic N) is 1. The molecular weight excluding hydrogens is 245 g/mol. The first-order valence-electron chi connectivity index (χ1n) is 4.86. The Morgan fingerprint density at radius 3 is 2.81 bits per heavy atom. The molecule has 0 radical (unpaired) electrons. The number of benzene rings is 1. The van der Waals surface area contributed by atoms with Crippen LogP contribution in [0.5, 0.6) is 0 Å². The Labute approximate surface area is 104 Å². The summed E-state index contributed by atoms with van der Waals surface area (Å²) in [6, 6.07) is 5.35. The Morgan fingerprint density at radius 2 is 2.19 bits per heavy atom. The summed E-state index contributed by atoms with van der Waals surface area (Å²) >= 11 is 12.1. The maximum absolute atomic E-state index is 6.13. The van der Waals surface area contributed by atoms with Gasteiger partial charge in [0.1, 0.15) is 5.82 Å². The molecule has 0 fully saturated rings. The highest BCUT2D eigenvalue weighted by atomic mass is 35.5. The van der Waals surface area contributed by atoms with Gasteiger partial charge in [0.25, 0.3) is 0 Å². The van der Waals surface area contributed by atoms with Crippen LogP contribution in [0.2, 0.25) is 10.0 Å². The molecule has 0 spiro atoms. The predicted octanol–water partition coefficient (Wildman–Crippen LogP) is 2.81. The highest BCUT2D eigenvalue weighted by Gasteiger charge is 2.17. The first kappa shape index (κ1) is 11.5. The van der Waals surface area contributed by atoms with Gasteiger partial charge in [0.05, 0.1) is 5.92 Å². The van der Waals surface area contributed by atoms with Crippen molar-refractivity contribution in [2.24, 2.45) is 5.73 Å². The average molecular weight is 256 g/mol. The summed E-state index contributed by atoms with van der Waals surface area (Å²) in [6.45, 7) is 0.424. The van der Waals surface area contributed by atoms with Gasteiger partial charge in [0, 0.05) is 29.0 Å². The fourth-order valence-electron chi connectivity index (χ4n) is 1.64. The first-order valence-corrected chi connectivity index (χ1v) is 5.62. The third kappa shape index (κ3) is 2.21. The number of H-pyrrole nitrogens is 1. The lowest BCUT2D eigenvalue weighted by Crippen LogP contribution is -2.15. The molecule has 0 aliphatic heterocycles. The summed E-state index contributed by atoms with van der Waals surface area (Å²) in [7, 11) is 0. The van der Waals surface area contributed by atoms with E-state index in [1.165, 1.54) is 0 Å². The zero-order valence-corrected chi connectivity index (χ0v) is 9.96. The van der Waals surface area contributed by atoms with E-state index in [1.54, 1.807) is 24.5 Å². The van der Waals surface area contributed by atoms with Crippen LogP contribution >= 0.6 is 23.2 Å². The Morgan fingerprint density at radius 1 is 1.38 bits per heavy atom. The van der Waals surface area contributed by atoms with Gasteiger partial charge in [-0.1, -0.05) is 23.2 Å². The van der Waals surface area contributed by atoms with Crippen molar-refractivity contribution in [3.05, 3.63) is 52.0 Å². The number of rotatable bonds is 3. The van der Waals surface area contributed by atoms with E-state index in [1.807, 2.05) is 6.07 Å². The second-order valence-electron chi connectivity index (χ2n) is 3.43. The minimum atomic E-state index is -0.0544. The van der Waals surface area contributed by atoms with E-state index in [4.69, 9.17) is 28.9 Å². The van der Waals surface area contributed by atoms with Crippen LogP contribution in [0, 0.1) is 0 Å². The van der Waals surface area contributed by atoms with Gasteiger partial charge < -0.3 is 10.7 Å². The second kappa shape index (κ2) is 4.87. The third-order valence-electron chi connectivity index (χ3n) is 2.42. The number of nitrogens with two attached hydrogens (primary N) is 1. The van der Waals surface area contributed by atoms with Gasteiger partial charge in [0.15, 0.2) is 0 Å². The van der Waals surface area contributed by atoms with Gasteiger partial charge in [0.2, 0.25) is 0 Å². The van der Waals surface area contributed by atoms with Crippen LogP contribution in [-0.2, 0) is 0 Å². The fourth-order valence-corrected chi connectivity index (χ4v) is 2.07. The highest BCUT2D eigenvalue weighted by molar-refractivity contribution is 6.33. The second-order valence-corrected chi connectivity index (χ2v) is 4.27. The molecule has 1 aromatic carbocycles. The van der Waals surface area contributed by atoms with Gasteiger partial charge in [-0.3, -0.25) is 0 Å². The zero-order chi connectivity index (χ0) is 11.5. The molecule has 1 atom stereocenters. The van der Waals surface area contributed by atoms with Crippen molar-refractivity contribution in [1.82, 2.24) is 9.97 Å². The monoisotopic (exact) mass is 255 g/mol. The smallest absolute Gasteiger partial charge is 0.114 e. The van der Waals surface area contributed by atoms with E-state index in [2.05, 4.69) is 9.97 Å². The molecule has 0 bridgehead atoms. The van der Waals surface area contributed by atoms with Crippen molar-refractivity contribution in [3.63, 3.8) is 0 Å². The van der Waals surface area contributed by atoms with Crippen LogP contribution in [0.1, 0.15) is 17.3 Å². The Hall–Kier alpha value is -1.03. The molecule has 2 aromatic rings. The summed E-state index contributed by atoms with van der Waals surface area (Å²) in [6.07, 6.45) is 3.45. The first-order chi connectivity index (χ1) is 7.72. The van der Waals surface area contributed by atoms with Crippen LogP contribution < -0.4 is 5.73 Å². The minimum Gasteiger partial charge on any atom is -0.348 e. The van der Waals surface area contributed by atoms with E-state index in [9.17, 15) is 0 Å². The summed E-state index contributed by atoms with van der Waals surface area (Å²) in [5.74, 6) is 0.743. The third-order valence-corrected chi connectivity index (χ3v) is 3.00. The van der Waals surface area contributed by atoms with Crippen molar-refractivity contribution in [3.8, 4) is 0 Å². The number of halogens is 2. The minimum absolute atomic E-state index is 0.0544. The summed E-state index contributed by atoms with van der Waals surface area (Å²) in [5, 5.41) is 1.29. The molecule has 16 heavy (non-hydrogen) atoms. The van der Waals surface area contributed by atoms with Crippen LogP contribution in [0.15, 0.2) is 30.6 Å². The Bertz CT molecular complexity index is 468. The van der Waals surface area contributed by atoms with Crippen LogP contribution in [0.25, 0.3) is 0 Å². The van der Waals surface area contributed by atoms with Crippen LogP contribution in [0.3, 0.4) is 0 Å². The summed E-state index contributed by atoms with van der Waals surface area (Å²) in [4.78, 5) is 7.24. The average Bonchev–Trinajstić information content (AvgIpc) is 2.78. The van der Waals surface area contributed by atoms with E-state index in [-0.39, 0.29) is 5.92 Å². The van der Waals surface area contributed by atoms with E-state index < -0.39 is 0 Å². The summed E-state index contributed by atoms with van der Waals surface area (Å²) < 4.78 is 0. The molecular formula is C11H11Cl2N3. The van der Waals surface area contributed by atoms with Gasteiger partial charge in [-0.2, -0.15) is 0 Å². The molecule has 84 valence electrons. The van der Waals surface area contributed by atoms with Crippen molar-refractivity contribution in [2.75, 3.05) is 6.54 Å². The van der Waals surface area contributed by atoms with E-state index >= 15 is 0 Å². The molecule has 0 amide bonds. The van der Waals surface area contributed by atoms with Gasteiger partial charge >= 0.3 is 0 Å². The lowest BCUT2D eigenvalue weighted by molar-refractivity contribution is 0.765. The number of aromatic nitrogens is 2. The van der Waals surface area contributed by atoms with Crippen molar-refractivity contribution >= 4 is 23.2 Å². The van der Waals surface area contributed by atoms with Crippen LogP contribution in [0.4, 0.5) is 0 Å². The standard InChI is InChI=1S/C11H11Cl2N3/c12-7-1-2-10(13)8(5-7)9(6-14)11-15-3-4-16-11/h1-5,9H,6,14H2,(H,15,16). The zero-order valence-electron chi connectivity index (χ0n) is 8.45. The molecule has 1 aromatic heterocycles. The molecule has 0 saturated heterocycles. The quantitative estimate of drug-likeness (QED) is 0.887. The van der Waals surface area contributed by atoms with Crippen molar-refractivity contribution in [2.45, 2.75) is 5.92 Å². The van der Waals surface area contributed by atoms with Crippen molar-refractivity contribution in [1.29, 1.82) is 0 Å². The van der Waals surface area contributed by atoms with Gasteiger partial charge in [-0.25, -0.2) is 4.98 Å². The Balaban J connectivity index is 2.44. The molecule has 3 N–H and O–H groups in total.